The molecule has 3 nitrogen and oxygen atoms in total. The maximum atomic E-state index is 4.50. The quantitative estimate of drug-likeness (QED) is 0.210. The number of pyridine rings is 1. The Kier molecular flexibility index (Phi) is 5.50. The molecule has 3 heteroatoms. The summed E-state index contributed by atoms with van der Waals surface area (Å²) in [5.74, 6) is 0. The second-order valence-electron chi connectivity index (χ2n) is 11.3. The molecule has 6 aromatic carbocycles. The van der Waals surface area contributed by atoms with Gasteiger partial charge in [0.2, 0.25) is 0 Å². The standard InChI is InChI=1S/C41H27N3/c1-3-10-28(11-4-1)30-18-20-40-36(25-30)37-27-42-23-22-41(37)44(40)33-15-9-12-29(24-33)31-19-21-39-35(26-31)34-16-7-8-17-38(34)43(39)32-13-5-2-6-14-32/h1-27H. The van der Waals surface area contributed by atoms with Gasteiger partial charge >= 0.3 is 0 Å². The molecule has 3 aromatic heterocycles. The zero-order chi connectivity index (χ0) is 29.0. The summed E-state index contributed by atoms with van der Waals surface area (Å²) in [7, 11) is 0. The summed E-state index contributed by atoms with van der Waals surface area (Å²) in [6.45, 7) is 0. The number of para-hydroxylation sites is 2. The fraction of sp³-hybridized carbons (Fsp3) is 0. The van der Waals surface area contributed by atoms with E-state index in [0.29, 0.717) is 0 Å². The Morgan fingerprint density at radius 3 is 1.68 bits per heavy atom. The number of nitrogens with zero attached hydrogens (tertiary/aromatic N) is 3. The van der Waals surface area contributed by atoms with E-state index < -0.39 is 0 Å². The van der Waals surface area contributed by atoms with Crippen molar-refractivity contribution < 1.29 is 0 Å². The van der Waals surface area contributed by atoms with E-state index in [9.17, 15) is 0 Å². The van der Waals surface area contributed by atoms with Crippen molar-refractivity contribution in [2.24, 2.45) is 0 Å². The summed E-state index contributed by atoms with van der Waals surface area (Å²) in [4.78, 5) is 4.50. The number of hydrogen-bond acceptors (Lipinski definition) is 1. The van der Waals surface area contributed by atoms with Crippen LogP contribution in [0, 0.1) is 0 Å². The Morgan fingerprint density at radius 2 is 0.886 bits per heavy atom. The van der Waals surface area contributed by atoms with Gasteiger partial charge in [0.25, 0.3) is 0 Å². The van der Waals surface area contributed by atoms with E-state index in [1.54, 1.807) is 0 Å². The van der Waals surface area contributed by atoms with Crippen molar-refractivity contribution in [1.82, 2.24) is 14.1 Å². The van der Waals surface area contributed by atoms with Gasteiger partial charge in [0.1, 0.15) is 0 Å². The highest BCUT2D eigenvalue weighted by atomic mass is 15.0. The number of hydrogen-bond donors (Lipinski definition) is 0. The first-order valence-electron chi connectivity index (χ1n) is 15.0. The highest BCUT2D eigenvalue weighted by molar-refractivity contribution is 6.11. The summed E-state index contributed by atoms with van der Waals surface area (Å²) in [5.41, 5.74) is 11.9. The Bertz CT molecular complexity index is 2480. The maximum absolute atomic E-state index is 4.50. The van der Waals surface area contributed by atoms with Crippen LogP contribution < -0.4 is 0 Å². The minimum atomic E-state index is 1.13. The summed E-state index contributed by atoms with van der Waals surface area (Å²) in [6, 6.07) is 54.5. The lowest BCUT2D eigenvalue weighted by Gasteiger charge is -2.11. The fourth-order valence-electron chi connectivity index (χ4n) is 6.79. The lowest BCUT2D eigenvalue weighted by Crippen LogP contribution is -1.95. The third-order valence-corrected chi connectivity index (χ3v) is 8.80. The minimum Gasteiger partial charge on any atom is -0.309 e. The topological polar surface area (TPSA) is 22.8 Å². The summed E-state index contributed by atoms with van der Waals surface area (Å²) >= 11 is 0. The normalized spacial score (nSPS) is 11.6. The Labute approximate surface area is 254 Å². The lowest BCUT2D eigenvalue weighted by atomic mass is 10.0. The summed E-state index contributed by atoms with van der Waals surface area (Å²) in [6.07, 6.45) is 3.87. The van der Waals surface area contributed by atoms with Crippen LogP contribution in [0.25, 0.3) is 77.2 Å². The third kappa shape index (κ3) is 3.80. The van der Waals surface area contributed by atoms with Gasteiger partial charge in [-0.3, -0.25) is 4.98 Å². The molecule has 0 bridgehead atoms. The predicted molar refractivity (Wildman–Crippen MR) is 184 cm³/mol. The van der Waals surface area contributed by atoms with Crippen molar-refractivity contribution >= 4 is 43.6 Å². The van der Waals surface area contributed by atoms with Gasteiger partial charge in [-0.1, -0.05) is 91.0 Å². The molecule has 0 saturated carbocycles. The van der Waals surface area contributed by atoms with Gasteiger partial charge in [0, 0.05) is 45.3 Å². The molecule has 9 rings (SSSR count). The molecule has 9 aromatic rings. The van der Waals surface area contributed by atoms with Crippen LogP contribution in [0.1, 0.15) is 0 Å². The van der Waals surface area contributed by atoms with E-state index in [1.807, 2.05) is 12.4 Å². The molecule has 0 N–H and O–H groups in total. The van der Waals surface area contributed by atoms with E-state index in [-0.39, 0.29) is 0 Å². The van der Waals surface area contributed by atoms with E-state index in [0.717, 1.165) is 16.6 Å². The molecule has 44 heavy (non-hydrogen) atoms. The number of rotatable bonds is 4. The second-order valence-corrected chi connectivity index (χ2v) is 11.3. The first-order valence-corrected chi connectivity index (χ1v) is 15.0. The van der Waals surface area contributed by atoms with Crippen LogP contribution in [0.2, 0.25) is 0 Å². The molecule has 0 atom stereocenters. The van der Waals surface area contributed by atoms with Gasteiger partial charge in [-0.2, -0.15) is 0 Å². The monoisotopic (exact) mass is 561 g/mol. The van der Waals surface area contributed by atoms with Crippen LogP contribution in [0.15, 0.2) is 164 Å². The lowest BCUT2D eigenvalue weighted by molar-refractivity contribution is 1.17. The molecule has 206 valence electrons. The van der Waals surface area contributed by atoms with Crippen LogP contribution in [0.5, 0.6) is 0 Å². The van der Waals surface area contributed by atoms with Crippen LogP contribution in [-0.4, -0.2) is 14.1 Å². The Hall–Kier alpha value is -5.93. The van der Waals surface area contributed by atoms with E-state index in [1.165, 1.54) is 60.6 Å². The average molecular weight is 562 g/mol. The van der Waals surface area contributed by atoms with Crippen molar-refractivity contribution in [1.29, 1.82) is 0 Å². The van der Waals surface area contributed by atoms with Gasteiger partial charge in [0.05, 0.1) is 22.1 Å². The van der Waals surface area contributed by atoms with Gasteiger partial charge in [-0.05, 0) is 82.9 Å². The summed E-state index contributed by atoms with van der Waals surface area (Å²) < 4.78 is 4.73. The van der Waals surface area contributed by atoms with E-state index >= 15 is 0 Å². The van der Waals surface area contributed by atoms with E-state index in [4.69, 9.17) is 0 Å². The Balaban J connectivity index is 1.22. The highest BCUT2D eigenvalue weighted by Gasteiger charge is 2.16. The zero-order valence-corrected chi connectivity index (χ0v) is 23.9. The zero-order valence-electron chi connectivity index (χ0n) is 23.9. The molecule has 0 unspecified atom stereocenters. The van der Waals surface area contributed by atoms with Crippen LogP contribution in [0.3, 0.4) is 0 Å². The largest absolute Gasteiger partial charge is 0.309 e. The first-order chi connectivity index (χ1) is 21.8. The minimum absolute atomic E-state index is 1.13. The molecule has 0 radical (unpaired) electrons. The van der Waals surface area contributed by atoms with E-state index in [2.05, 4.69) is 166 Å². The van der Waals surface area contributed by atoms with Gasteiger partial charge in [-0.15, -0.1) is 0 Å². The Morgan fingerprint density at radius 1 is 0.341 bits per heavy atom. The van der Waals surface area contributed by atoms with Crippen LogP contribution in [0.4, 0.5) is 0 Å². The molecule has 0 aliphatic rings. The molecule has 0 aliphatic heterocycles. The van der Waals surface area contributed by atoms with Crippen LogP contribution >= 0.6 is 0 Å². The average Bonchev–Trinajstić information content (AvgIpc) is 3.61. The molecule has 3 heterocycles. The SMILES string of the molecule is c1ccc(-c2ccc3c(c2)c2cnccc2n3-c2cccc(-c3ccc4c(c3)c3ccccc3n4-c3ccccc3)c2)cc1. The predicted octanol–water partition coefficient (Wildman–Crippen LogP) is 10.6. The molecule has 0 aliphatic carbocycles. The molecule has 0 fully saturated rings. The third-order valence-electron chi connectivity index (χ3n) is 8.80. The van der Waals surface area contributed by atoms with Crippen molar-refractivity contribution in [3.05, 3.63) is 164 Å². The van der Waals surface area contributed by atoms with Gasteiger partial charge < -0.3 is 9.13 Å². The van der Waals surface area contributed by atoms with Crippen molar-refractivity contribution in [2.75, 3.05) is 0 Å². The van der Waals surface area contributed by atoms with Gasteiger partial charge in [0.15, 0.2) is 0 Å². The number of benzene rings is 6. The van der Waals surface area contributed by atoms with Crippen molar-refractivity contribution in [3.63, 3.8) is 0 Å². The van der Waals surface area contributed by atoms with Crippen LogP contribution in [-0.2, 0) is 0 Å². The fourth-order valence-corrected chi connectivity index (χ4v) is 6.79. The second kappa shape index (κ2) is 9.82. The molecule has 0 amide bonds. The highest BCUT2D eigenvalue weighted by Crippen LogP contribution is 2.37. The maximum Gasteiger partial charge on any atom is 0.0571 e. The molecule has 0 saturated heterocycles. The van der Waals surface area contributed by atoms with Crippen molar-refractivity contribution in [2.45, 2.75) is 0 Å². The number of aromatic nitrogens is 3. The van der Waals surface area contributed by atoms with Crippen molar-refractivity contribution in [3.8, 4) is 33.6 Å². The molecule has 0 spiro atoms. The smallest absolute Gasteiger partial charge is 0.0571 e. The molecular formula is C41H27N3. The first kappa shape index (κ1) is 24.6. The van der Waals surface area contributed by atoms with Gasteiger partial charge in [-0.25, -0.2) is 0 Å². The summed E-state index contributed by atoms with van der Waals surface area (Å²) in [5, 5.41) is 4.87. The molecular weight excluding hydrogens is 534 g/mol. The number of fused-ring (bicyclic) bond motifs is 6.